The largest absolute Gasteiger partial charge is 0.481 e. The number of nitrogens with one attached hydrogen (secondary N) is 1. The molecule has 1 atom stereocenters. The fourth-order valence-electron chi connectivity index (χ4n) is 1.45. The van der Waals surface area contributed by atoms with Crippen molar-refractivity contribution in [2.24, 2.45) is 0 Å². The molecule has 1 aliphatic rings. The summed E-state index contributed by atoms with van der Waals surface area (Å²) in [5, 5.41) is 11.2. The van der Waals surface area contributed by atoms with Crippen molar-refractivity contribution in [3.05, 3.63) is 0 Å². The molecule has 0 aromatic carbocycles. The van der Waals surface area contributed by atoms with Gasteiger partial charge in [-0.2, -0.15) is 0 Å². The maximum absolute atomic E-state index is 11.5. The van der Waals surface area contributed by atoms with Crippen molar-refractivity contribution >= 4 is 29.5 Å². The smallest absolute Gasteiger partial charge is 0.303 e. The van der Waals surface area contributed by atoms with Crippen molar-refractivity contribution < 1.29 is 19.5 Å². The molecule has 0 saturated carbocycles. The van der Waals surface area contributed by atoms with Gasteiger partial charge in [-0.1, -0.05) is 0 Å². The Hall–Kier alpha value is -1.24. The van der Waals surface area contributed by atoms with Crippen molar-refractivity contribution in [1.82, 2.24) is 10.2 Å². The maximum Gasteiger partial charge on any atom is 0.303 e. The minimum Gasteiger partial charge on any atom is -0.481 e. The lowest BCUT2D eigenvalue weighted by Crippen LogP contribution is -2.41. The maximum atomic E-state index is 11.5. The van der Waals surface area contributed by atoms with Gasteiger partial charge in [-0.25, -0.2) is 0 Å². The Morgan fingerprint density at radius 3 is 2.82 bits per heavy atom. The Kier molecular flexibility index (Phi) is 5.27. The molecule has 1 aliphatic heterocycles. The summed E-state index contributed by atoms with van der Waals surface area (Å²) < 4.78 is 0. The Balaban J connectivity index is 2.24. The van der Waals surface area contributed by atoms with E-state index in [1.807, 2.05) is 0 Å². The summed E-state index contributed by atoms with van der Waals surface area (Å²) in [6.07, 6.45) is 0.420. The molecule has 0 aliphatic carbocycles. The quantitative estimate of drug-likeness (QED) is 0.696. The van der Waals surface area contributed by atoms with Crippen LogP contribution in [0.15, 0.2) is 0 Å². The standard InChI is InChI=1S/C10H16N2O4S/c1-7(2-3-10(15)16)11-8(13)4-12-6-17-5-9(12)14/h7H,2-6H2,1H3,(H,11,13)(H,15,16). The predicted molar refractivity (Wildman–Crippen MR) is 63.5 cm³/mol. The molecule has 0 aromatic heterocycles. The van der Waals surface area contributed by atoms with Gasteiger partial charge < -0.3 is 15.3 Å². The fraction of sp³-hybridized carbons (Fsp3) is 0.700. The van der Waals surface area contributed by atoms with E-state index in [2.05, 4.69) is 5.32 Å². The van der Waals surface area contributed by atoms with Crippen LogP contribution in [0.25, 0.3) is 0 Å². The van der Waals surface area contributed by atoms with Crippen LogP contribution in [0.2, 0.25) is 0 Å². The van der Waals surface area contributed by atoms with Crippen molar-refractivity contribution in [3.63, 3.8) is 0 Å². The Labute approximate surface area is 104 Å². The lowest BCUT2D eigenvalue weighted by Gasteiger charge is -2.17. The molecule has 96 valence electrons. The topological polar surface area (TPSA) is 86.7 Å². The molecule has 1 unspecified atom stereocenters. The molecule has 2 N–H and O–H groups in total. The zero-order valence-corrected chi connectivity index (χ0v) is 10.5. The molecule has 6 nitrogen and oxygen atoms in total. The number of carbonyl (C=O) groups is 3. The van der Waals surface area contributed by atoms with Crippen LogP contribution in [0.3, 0.4) is 0 Å². The van der Waals surface area contributed by atoms with E-state index in [-0.39, 0.29) is 30.8 Å². The number of carboxylic acid groups (broad SMARTS) is 1. The van der Waals surface area contributed by atoms with Crippen LogP contribution >= 0.6 is 11.8 Å². The molecule has 17 heavy (non-hydrogen) atoms. The highest BCUT2D eigenvalue weighted by molar-refractivity contribution is 8.00. The normalized spacial score (nSPS) is 17.0. The summed E-state index contributed by atoms with van der Waals surface area (Å²) in [6, 6.07) is -0.191. The van der Waals surface area contributed by atoms with E-state index < -0.39 is 5.97 Å². The van der Waals surface area contributed by atoms with Gasteiger partial charge in [-0.3, -0.25) is 14.4 Å². The van der Waals surface area contributed by atoms with Crippen LogP contribution in [-0.2, 0) is 14.4 Å². The Morgan fingerprint density at radius 2 is 2.29 bits per heavy atom. The number of thioether (sulfide) groups is 1. The monoisotopic (exact) mass is 260 g/mol. The first-order chi connectivity index (χ1) is 7.99. The molecule has 0 bridgehead atoms. The second-order valence-electron chi connectivity index (χ2n) is 3.97. The number of amides is 2. The molecule has 0 radical (unpaired) electrons. The van der Waals surface area contributed by atoms with Crippen molar-refractivity contribution in [2.45, 2.75) is 25.8 Å². The van der Waals surface area contributed by atoms with Gasteiger partial charge in [-0.05, 0) is 13.3 Å². The summed E-state index contributed by atoms with van der Waals surface area (Å²) in [5.74, 6) is -0.156. The third kappa shape index (κ3) is 5.08. The first-order valence-corrected chi connectivity index (χ1v) is 6.51. The van der Waals surface area contributed by atoms with Crippen LogP contribution in [0.5, 0.6) is 0 Å². The van der Waals surface area contributed by atoms with E-state index in [0.29, 0.717) is 18.1 Å². The van der Waals surface area contributed by atoms with Gasteiger partial charge in [0.2, 0.25) is 11.8 Å². The molecule has 1 rings (SSSR count). The second kappa shape index (κ2) is 6.48. The lowest BCUT2D eigenvalue weighted by molar-refractivity contribution is -0.137. The highest BCUT2D eigenvalue weighted by Gasteiger charge is 2.23. The van der Waals surface area contributed by atoms with Crippen molar-refractivity contribution in [2.75, 3.05) is 18.2 Å². The van der Waals surface area contributed by atoms with E-state index in [1.54, 1.807) is 6.92 Å². The van der Waals surface area contributed by atoms with Gasteiger partial charge in [-0.15, -0.1) is 11.8 Å². The van der Waals surface area contributed by atoms with E-state index >= 15 is 0 Å². The fourth-order valence-corrected chi connectivity index (χ4v) is 2.35. The Morgan fingerprint density at radius 1 is 1.59 bits per heavy atom. The third-order valence-electron chi connectivity index (χ3n) is 2.36. The van der Waals surface area contributed by atoms with E-state index in [1.165, 1.54) is 16.7 Å². The van der Waals surface area contributed by atoms with Gasteiger partial charge in [0.25, 0.3) is 0 Å². The van der Waals surface area contributed by atoms with Crippen LogP contribution in [-0.4, -0.2) is 52.0 Å². The summed E-state index contributed by atoms with van der Waals surface area (Å²) in [5.41, 5.74) is 0. The number of hydrogen-bond acceptors (Lipinski definition) is 4. The summed E-state index contributed by atoms with van der Waals surface area (Å²) in [4.78, 5) is 34.6. The highest BCUT2D eigenvalue weighted by atomic mass is 32.2. The minimum absolute atomic E-state index is 0.0247. The molecule has 1 heterocycles. The number of aliphatic carboxylic acids is 1. The highest BCUT2D eigenvalue weighted by Crippen LogP contribution is 2.13. The molecule has 0 spiro atoms. The lowest BCUT2D eigenvalue weighted by atomic mass is 10.2. The molecule has 7 heteroatoms. The average Bonchev–Trinajstić information content (AvgIpc) is 2.61. The van der Waals surface area contributed by atoms with Gasteiger partial charge >= 0.3 is 5.97 Å². The van der Waals surface area contributed by atoms with E-state index in [4.69, 9.17) is 5.11 Å². The third-order valence-corrected chi connectivity index (χ3v) is 3.30. The first kappa shape index (κ1) is 13.8. The minimum atomic E-state index is -0.878. The van der Waals surface area contributed by atoms with E-state index in [9.17, 15) is 14.4 Å². The van der Waals surface area contributed by atoms with Crippen LogP contribution in [0.4, 0.5) is 0 Å². The number of rotatable bonds is 6. The zero-order valence-electron chi connectivity index (χ0n) is 9.64. The zero-order chi connectivity index (χ0) is 12.8. The van der Waals surface area contributed by atoms with Crippen molar-refractivity contribution in [1.29, 1.82) is 0 Å². The molecular weight excluding hydrogens is 244 g/mol. The van der Waals surface area contributed by atoms with E-state index in [0.717, 1.165) is 0 Å². The summed E-state index contributed by atoms with van der Waals surface area (Å²) in [6.45, 7) is 1.81. The van der Waals surface area contributed by atoms with Crippen LogP contribution < -0.4 is 5.32 Å². The van der Waals surface area contributed by atoms with Gasteiger partial charge in [0.05, 0.1) is 11.6 Å². The molecule has 0 aromatic rings. The average molecular weight is 260 g/mol. The van der Waals surface area contributed by atoms with Gasteiger partial charge in [0.1, 0.15) is 6.54 Å². The molecule has 1 saturated heterocycles. The number of carbonyl (C=O) groups excluding carboxylic acids is 2. The van der Waals surface area contributed by atoms with Gasteiger partial charge in [0.15, 0.2) is 0 Å². The van der Waals surface area contributed by atoms with Crippen LogP contribution in [0.1, 0.15) is 19.8 Å². The molecular formula is C10H16N2O4S. The number of carboxylic acids is 1. The van der Waals surface area contributed by atoms with Crippen LogP contribution in [0, 0.1) is 0 Å². The Bertz CT molecular complexity index is 321. The summed E-state index contributed by atoms with van der Waals surface area (Å²) in [7, 11) is 0. The SMILES string of the molecule is CC(CCC(=O)O)NC(=O)CN1CSCC1=O. The first-order valence-electron chi connectivity index (χ1n) is 5.35. The number of hydrogen-bond donors (Lipinski definition) is 2. The van der Waals surface area contributed by atoms with Gasteiger partial charge in [0, 0.05) is 12.5 Å². The summed E-state index contributed by atoms with van der Waals surface area (Å²) >= 11 is 1.48. The second-order valence-corrected chi connectivity index (χ2v) is 4.93. The predicted octanol–water partition coefficient (Wildman–Crippen LogP) is -0.111. The van der Waals surface area contributed by atoms with Crippen molar-refractivity contribution in [3.8, 4) is 0 Å². The molecule has 2 amide bonds. The number of nitrogens with zero attached hydrogens (tertiary/aromatic N) is 1. The molecule has 1 fully saturated rings.